The first-order chi connectivity index (χ1) is 19.7. The van der Waals surface area contributed by atoms with Crippen LogP contribution >= 0.6 is 23.5 Å². The minimum absolute atomic E-state index is 0.150. The summed E-state index contributed by atoms with van der Waals surface area (Å²) in [5, 5.41) is 9.16. The number of benzene rings is 1. The summed E-state index contributed by atoms with van der Waals surface area (Å²) in [5.41, 5.74) is 5.12. The van der Waals surface area contributed by atoms with Gasteiger partial charge in [0.25, 0.3) is 0 Å². The van der Waals surface area contributed by atoms with Gasteiger partial charge in [-0.25, -0.2) is 33.4 Å². The summed E-state index contributed by atoms with van der Waals surface area (Å²) >= 11 is 0. The number of anilines is 1. The number of rotatable bonds is 10. The summed E-state index contributed by atoms with van der Waals surface area (Å²) in [4.78, 5) is 53.5. The number of nitrogen functional groups attached to an aromatic ring is 1. The average Bonchev–Trinajstić information content (AvgIpc) is 3.53. The van der Waals surface area contributed by atoms with Crippen molar-refractivity contribution in [1.82, 2.24) is 19.5 Å². The van der Waals surface area contributed by atoms with E-state index in [1.54, 1.807) is 10.6 Å². The van der Waals surface area contributed by atoms with Gasteiger partial charge in [0.1, 0.15) is 41.0 Å². The number of phosphoric ester groups is 2. The van der Waals surface area contributed by atoms with Gasteiger partial charge in [0, 0.05) is 11.5 Å². The monoisotopic (exact) mass is 644 g/mol. The van der Waals surface area contributed by atoms with Crippen LogP contribution in [0.4, 0.5) is 5.82 Å². The Morgan fingerprint density at radius 2 is 1.83 bits per heavy atom. The highest BCUT2D eigenvalue weighted by Gasteiger charge is 2.43. The molecule has 222 valence electrons. The number of nitrogens with two attached hydrogens (primary N) is 1. The molecule has 0 amide bonds. The number of imidazole rings is 1. The van der Waals surface area contributed by atoms with E-state index in [0.717, 1.165) is 12.1 Å². The lowest BCUT2D eigenvalue weighted by atomic mass is 10.2. The normalized spacial score (nSPS) is 21.4. The van der Waals surface area contributed by atoms with E-state index in [0.29, 0.717) is 24.0 Å². The molecule has 0 aliphatic carbocycles. The molecular weight excluding hydrogens is 625 g/mol. The molecule has 5 rings (SSSR count). The van der Waals surface area contributed by atoms with Crippen molar-refractivity contribution in [3.63, 3.8) is 0 Å². The van der Waals surface area contributed by atoms with Crippen LogP contribution in [0.25, 0.3) is 22.1 Å². The molecule has 5 atom stereocenters. The van der Waals surface area contributed by atoms with Crippen molar-refractivity contribution in [3.05, 3.63) is 52.9 Å². The Hall–Kier alpha value is -3.52. The van der Waals surface area contributed by atoms with Gasteiger partial charge in [0.2, 0.25) is 0 Å². The first-order valence-electron chi connectivity index (χ1n) is 11.6. The Kier molecular flexibility index (Phi) is 8.05. The molecule has 0 saturated carbocycles. The molecule has 0 radical (unpaired) electrons. The minimum atomic E-state index is -5.75. The predicted molar refractivity (Wildman–Crippen MR) is 138 cm³/mol. The molecule has 1 fully saturated rings. The van der Waals surface area contributed by atoms with Crippen LogP contribution in [-0.4, -0.2) is 46.9 Å². The highest BCUT2D eigenvalue weighted by molar-refractivity contribution is 7.67. The Morgan fingerprint density at radius 1 is 1.07 bits per heavy atom. The molecule has 22 heteroatoms. The van der Waals surface area contributed by atoms with Gasteiger partial charge in [-0.15, -0.1) is 0 Å². The van der Waals surface area contributed by atoms with Crippen LogP contribution in [0, 0.1) is 11.3 Å². The Morgan fingerprint density at radius 3 is 2.60 bits per heavy atom. The van der Waals surface area contributed by atoms with E-state index in [-0.39, 0.29) is 22.4 Å². The van der Waals surface area contributed by atoms with Crippen molar-refractivity contribution in [2.45, 2.75) is 25.2 Å². The lowest BCUT2D eigenvalue weighted by Crippen LogP contribution is -2.16. The van der Waals surface area contributed by atoms with Gasteiger partial charge in [-0.2, -0.15) is 13.9 Å². The van der Waals surface area contributed by atoms with Gasteiger partial charge in [0.05, 0.1) is 19.0 Å². The molecule has 1 aromatic carbocycles. The summed E-state index contributed by atoms with van der Waals surface area (Å²) in [6.07, 6.45) is 2.10. The molecular formula is C20H19N6O13P3. The Balaban J connectivity index is 1.17. The molecule has 19 nitrogen and oxygen atoms in total. The van der Waals surface area contributed by atoms with Crippen LogP contribution in [0.5, 0.6) is 5.75 Å². The summed E-state index contributed by atoms with van der Waals surface area (Å²) in [7, 11) is -16.6. The van der Waals surface area contributed by atoms with E-state index >= 15 is 0 Å². The van der Waals surface area contributed by atoms with E-state index < -0.39 is 53.8 Å². The predicted octanol–water partition coefficient (Wildman–Crippen LogP) is 2.49. The fraction of sp³-hybridized carbons (Fsp3) is 0.250. The number of ether oxygens (including phenoxy) is 1. The van der Waals surface area contributed by atoms with Gasteiger partial charge in [-0.05, 0) is 31.0 Å². The van der Waals surface area contributed by atoms with Crippen molar-refractivity contribution < 1.29 is 55.2 Å². The summed E-state index contributed by atoms with van der Waals surface area (Å²) < 4.78 is 66.8. The van der Waals surface area contributed by atoms with E-state index in [2.05, 4.69) is 28.1 Å². The average molecular weight is 644 g/mol. The molecule has 42 heavy (non-hydrogen) atoms. The highest BCUT2D eigenvalue weighted by atomic mass is 31.3. The maximum atomic E-state index is 12.3. The number of nitrogens with zero attached hydrogens (tertiary/aromatic N) is 5. The zero-order chi connectivity index (χ0) is 30.3. The minimum Gasteiger partial charge on any atom is -0.422 e. The van der Waals surface area contributed by atoms with Crippen molar-refractivity contribution in [2.75, 3.05) is 12.3 Å². The van der Waals surface area contributed by atoms with Crippen LogP contribution in [0.2, 0.25) is 0 Å². The molecule has 1 aliphatic rings. The molecule has 1 saturated heterocycles. The third-order valence-electron chi connectivity index (χ3n) is 5.67. The van der Waals surface area contributed by atoms with E-state index in [1.165, 1.54) is 24.8 Å². The molecule has 4 heterocycles. The Bertz CT molecular complexity index is 1920. The maximum absolute atomic E-state index is 12.3. The fourth-order valence-corrected chi connectivity index (χ4v) is 7.48. The van der Waals surface area contributed by atoms with Gasteiger partial charge in [-0.3, -0.25) is 14.0 Å². The molecule has 0 bridgehead atoms. The second-order valence-electron chi connectivity index (χ2n) is 8.59. The fourth-order valence-electron chi connectivity index (χ4n) is 3.95. The van der Waals surface area contributed by atoms with Crippen LogP contribution in [0.3, 0.4) is 0 Å². The summed E-state index contributed by atoms with van der Waals surface area (Å²) in [6, 6.07) is 6.17. The molecule has 0 spiro atoms. The second kappa shape index (κ2) is 11.3. The number of fused-ring (bicyclic) bond motifs is 2. The zero-order valence-corrected chi connectivity index (χ0v) is 23.5. The third-order valence-corrected chi connectivity index (χ3v) is 9.89. The highest BCUT2D eigenvalue weighted by Crippen LogP contribution is 2.67. The van der Waals surface area contributed by atoms with Crippen molar-refractivity contribution >= 4 is 51.4 Å². The third kappa shape index (κ3) is 6.75. The van der Waals surface area contributed by atoms with Gasteiger partial charge < -0.3 is 29.2 Å². The molecule has 4 aromatic rings. The Labute approximate surface area is 233 Å². The van der Waals surface area contributed by atoms with Gasteiger partial charge in [0.15, 0.2) is 11.5 Å². The SMILES string of the molecule is N#Cc1cc2ccc(OP(=O)(O)OP(=O)(O)OP(=O)(O)OC[C@@H]3CC[C@H](n4cnc5c(N)ncnc54)O3)cc2oc1=O. The van der Waals surface area contributed by atoms with Crippen molar-refractivity contribution in [3.8, 4) is 11.8 Å². The summed E-state index contributed by atoms with van der Waals surface area (Å²) in [5.74, 6) is -0.290. The molecule has 5 N–H and O–H groups in total. The first-order valence-corrected chi connectivity index (χ1v) is 16.0. The van der Waals surface area contributed by atoms with Crippen molar-refractivity contribution in [2.24, 2.45) is 0 Å². The van der Waals surface area contributed by atoms with Crippen LogP contribution in [0.15, 0.2) is 46.1 Å². The second-order valence-corrected chi connectivity index (χ2v) is 13.1. The summed E-state index contributed by atoms with van der Waals surface area (Å²) in [6.45, 7) is -0.572. The van der Waals surface area contributed by atoms with Gasteiger partial charge in [-0.1, -0.05) is 0 Å². The maximum Gasteiger partial charge on any atom is 0.536 e. The van der Waals surface area contributed by atoms with E-state index in [1.807, 2.05) is 0 Å². The van der Waals surface area contributed by atoms with E-state index in [4.69, 9.17) is 24.7 Å². The first kappa shape index (κ1) is 30.0. The quantitative estimate of drug-likeness (QED) is 0.142. The number of phosphoric acid groups is 3. The van der Waals surface area contributed by atoms with Gasteiger partial charge >= 0.3 is 29.1 Å². The van der Waals surface area contributed by atoms with Crippen LogP contribution in [-0.2, 0) is 31.6 Å². The molecule has 1 aliphatic heterocycles. The zero-order valence-electron chi connectivity index (χ0n) is 20.8. The van der Waals surface area contributed by atoms with Crippen molar-refractivity contribution in [1.29, 1.82) is 5.26 Å². The lowest BCUT2D eigenvalue weighted by molar-refractivity contribution is -0.0205. The number of aromatic nitrogens is 4. The topological polar surface area (TPSA) is 282 Å². The lowest BCUT2D eigenvalue weighted by Gasteiger charge is -2.20. The largest absolute Gasteiger partial charge is 0.536 e. The number of hydrogen-bond acceptors (Lipinski definition) is 15. The molecule has 3 aromatic heterocycles. The standard InChI is InChI=1S/C20H19N6O13P3/c21-7-12-5-11-1-2-13(6-15(11)36-20(12)27)37-41(30,31)39-42(32,33)38-40(28,29)34-8-14-3-4-16(35-14)26-10-25-17-18(22)23-9-24-19(17)26/h1-2,5-6,9-10,14,16H,3-4,8H2,(H,28,29)(H,30,31)(H,32,33)(H2,22,23,24)/t14-,16+/m0/s1. The molecule has 3 unspecified atom stereocenters. The smallest absolute Gasteiger partial charge is 0.422 e. The van der Waals surface area contributed by atoms with Crippen LogP contribution in [0.1, 0.15) is 24.6 Å². The van der Waals surface area contributed by atoms with E-state index in [9.17, 15) is 33.2 Å². The number of hydrogen-bond donors (Lipinski definition) is 4. The van der Waals surface area contributed by atoms with Crippen LogP contribution < -0.4 is 15.9 Å². The number of nitriles is 1.